The van der Waals surface area contributed by atoms with Gasteiger partial charge in [0.25, 0.3) is 5.89 Å². The van der Waals surface area contributed by atoms with Crippen molar-refractivity contribution in [1.82, 2.24) is 15.0 Å². The zero-order valence-electron chi connectivity index (χ0n) is 13.3. The maximum Gasteiger partial charge on any atom is 0.264 e. The summed E-state index contributed by atoms with van der Waals surface area (Å²) in [6, 6.07) is 3.02. The Labute approximate surface area is 144 Å². The molecule has 2 heterocycles. The molecule has 0 N–H and O–H groups in total. The molecule has 7 heteroatoms. The van der Waals surface area contributed by atoms with Crippen LogP contribution in [-0.4, -0.2) is 28.1 Å². The first-order chi connectivity index (χ1) is 11.7. The van der Waals surface area contributed by atoms with Crippen molar-refractivity contribution in [3.05, 3.63) is 40.3 Å². The second kappa shape index (κ2) is 6.69. The van der Waals surface area contributed by atoms with Gasteiger partial charge in [0.15, 0.2) is 12.4 Å². The highest BCUT2D eigenvalue weighted by Crippen LogP contribution is 2.38. The van der Waals surface area contributed by atoms with Crippen LogP contribution in [0.15, 0.2) is 16.7 Å². The Bertz CT molecular complexity index is 703. The van der Waals surface area contributed by atoms with Gasteiger partial charge >= 0.3 is 0 Å². The van der Waals surface area contributed by atoms with Crippen LogP contribution < -0.4 is 4.74 Å². The summed E-state index contributed by atoms with van der Waals surface area (Å²) in [5.41, 5.74) is 0.528. The van der Waals surface area contributed by atoms with Gasteiger partial charge in [0.1, 0.15) is 11.6 Å². The first-order valence-corrected chi connectivity index (χ1v) is 8.72. The van der Waals surface area contributed by atoms with Crippen LogP contribution in [0.25, 0.3) is 0 Å². The van der Waals surface area contributed by atoms with Crippen molar-refractivity contribution in [2.75, 3.05) is 13.1 Å². The van der Waals surface area contributed by atoms with Crippen molar-refractivity contribution in [2.45, 2.75) is 44.8 Å². The largest absolute Gasteiger partial charge is 0.484 e. The molecule has 1 aromatic heterocycles. The van der Waals surface area contributed by atoms with E-state index in [9.17, 15) is 4.39 Å². The van der Waals surface area contributed by atoms with Crippen LogP contribution in [0.5, 0.6) is 5.75 Å². The first kappa shape index (κ1) is 15.8. The number of ether oxygens (including phenoxy) is 1. The minimum Gasteiger partial charge on any atom is -0.484 e. The van der Waals surface area contributed by atoms with Crippen molar-refractivity contribution in [2.24, 2.45) is 0 Å². The monoisotopic (exact) mass is 351 g/mol. The maximum atomic E-state index is 14.4. The second-order valence-corrected chi connectivity index (χ2v) is 6.87. The third-order valence-electron chi connectivity index (χ3n) is 4.48. The molecule has 1 aliphatic carbocycles. The van der Waals surface area contributed by atoms with E-state index in [0.717, 1.165) is 44.6 Å². The fraction of sp³-hybridized carbons (Fsp3) is 0.529. The standard InChI is InChI=1S/C17H19ClFN3O2/c18-14-7-12(8-15(19)13(14)9-22-5-1-2-6-22)23-10-16-20-17(21-24-16)11-3-4-11/h7-8,11H,1-6,9-10H2. The zero-order chi connectivity index (χ0) is 16.5. The number of rotatable bonds is 6. The molecule has 2 fully saturated rings. The predicted molar refractivity (Wildman–Crippen MR) is 86.5 cm³/mol. The molecule has 0 atom stereocenters. The SMILES string of the molecule is Fc1cc(OCc2nc(C3CC3)no2)cc(Cl)c1CN1CCCC1. The molecular weight excluding hydrogens is 333 g/mol. The highest BCUT2D eigenvalue weighted by atomic mass is 35.5. The Morgan fingerprint density at radius 1 is 1.29 bits per heavy atom. The summed E-state index contributed by atoms with van der Waals surface area (Å²) < 4.78 is 25.1. The molecule has 1 saturated carbocycles. The van der Waals surface area contributed by atoms with Crippen LogP contribution in [-0.2, 0) is 13.2 Å². The number of aromatic nitrogens is 2. The van der Waals surface area contributed by atoms with Gasteiger partial charge in [-0.1, -0.05) is 16.8 Å². The van der Waals surface area contributed by atoms with E-state index < -0.39 is 0 Å². The van der Waals surface area contributed by atoms with Crippen molar-refractivity contribution in [1.29, 1.82) is 0 Å². The van der Waals surface area contributed by atoms with Gasteiger partial charge in [0.05, 0.1) is 5.02 Å². The Hall–Kier alpha value is -1.66. The molecule has 5 nitrogen and oxygen atoms in total. The van der Waals surface area contributed by atoms with Crippen molar-refractivity contribution >= 4 is 11.6 Å². The molecule has 0 bridgehead atoms. The minimum absolute atomic E-state index is 0.112. The highest BCUT2D eigenvalue weighted by molar-refractivity contribution is 6.31. The molecule has 2 aromatic rings. The van der Waals surface area contributed by atoms with E-state index in [4.69, 9.17) is 20.9 Å². The lowest BCUT2D eigenvalue weighted by Gasteiger charge is -2.17. The van der Waals surface area contributed by atoms with E-state index in [1.54, 1.807) is 6.07 Å². The summed E-state index contributed by atoms with van der Waals surface area (Å²) in [6.45, 7) is 2.64. The van der Waals surface area contributed by atoms with E-state index >= 15 is 0 Å². The van der Waals surface area contributed by atoms with Crippen LogP contribution in [0.2, 0.25) is 5.02 Å². The molecule has 0 radical (unpaired) electrons. The first-order valence-electron chi connectivity index (χ1n) is 8.34. The molecule has 4 rings (SSSR count). The Kier molecular flexibility index (Phi) is 4.41. The molecule has 0 amide bonds. The van der Waals surface area contributed by atoms with E-state index in [0.29, 0.717) is 34.7 Å². The summed E-state index contributed by atoms with van der Waals surface area (Å²) in [7, 11) is 0. The normalized spacial score (nSPS) is 18.2. The van der Waals surface area contributed by atoms with Gasteiger partial charge in [0.2, 0.25) is 0 Å². The molecule has 0 spiro atoms. The van der Waals surface area contributed by atoms with Gasteiger partial charge in [-0.2, -0.15) is 4.98 Å². The number of hydrogen-bond donors (Lipinski definition) is 0. The third kappa shape index (κ3) is 3.54. The van der Waals surface area contributed by atoms with Gasteiger partial charge in [0, 0.05) is 24.1 Å². The lowest BCUT2D eigenvalue weighted by molar-refractivity contribution is 0.241. The van der Waals surface area contributed by atoms with Crippen LogP contribution >= 0.6 is 11.6 Å². The molecule has 1 saturated heterocycles. The molecule has 0 unspecified atom stereocenters. The second-order valence-electron chi connectivity index (χ2n) is 6.46. The third-order valence-corrected chi connectivity index (χ3v) is 4.82. The minimum atomic E-state index is -0.339. The molecule has 2 aliphatic rings. The number of halogens is 2. The van der Waals surface area contributed by atoms with E-state index in [1.807, 2.05) is 0 Å². The summed E-state index contributed by atoms with van der Waals surface area (Å²) in [4.78, 5) is 6.49. The summed E-state index contributed by atoms with van der Waals surface area (Å²) in [6.07, 6.45) is 4.54. The van der Waals surface area contributed by atoms with Crippen LogP contribution in [0.3, 0.4) is 0 Å². The molecular formula is C17H19ClFN3O2. The summed E-state index contributed by atoms with van der Waals surface area (Å²) in [5.74, 6) is 1.59. The van der Waals surface area contributed by atoms with Gasteiger partial charge in [-0.15, -0.1) is 0 Å². The summed E-state index contributed by atoms with van der Waals surface area (Å²) >= 11 is 6.25. The number of hydrogen-bond acceptors (Lipinski definition) is 5. The van der Waals surface area contributed by atoms with E-state index in [1.165, 1.54) is 6.07 Å². The van der Waals surface area contributed by atoms with Crippen LogP contribution in [0.4, 0.5) is 4.39 Å². The average molecular weight is 352 g/mol. The van der Waals surface area contributed by atoms with Crippen LogP contribution in [0, 0.1) is 5.82 Å². The van der Waals surface area contributed by atoms with Gasteiger partial charge < -0.3 is 9.26 Å². The Balaban J connectivity index is 1.41. The smallest absolute Gasteiger partial charge is 0.264 e. The lowest BCUT2D eigenvalue weighted by Crippen LogP contribution is -2.19. The topological polar surface area (TPSA) is 51.4 Å². The highest BCUT2D eigenvalue weighted by Gasteiger charge is 2.28. The average Bonchev–Trinajstić information content (AvgIpc) is 3.09. The zero-order valence-corrected chi connectivity index (χ0v) is 14.1. The van der Waals surface area contributed by atoms with Gasteiger partial charge in [-0.05, 0) is 44.8 Å². The quantitative estimate of drug-likeness (QED) is 0.789. The predicted octanol–water partition coefficient (Wildman–Crippen LogP) is 3.91. The number of benzene rings is 1. The maximum absolute atomic E-state index is 14.4. The Morgan fingerprint density at radius 3 is 2.79 bits per heavy atom. The molecule has 24 heavy (non-hydrogen) atoms. The molecule has 1 aliphatic heterocycles. The molecule has 128 valence electrons. The van der Waals surface area contributed by atoms with Gasteiger partial charge in [-0.25, -0.2) is 4.39 Å². The van der Waals surface area contributed by atoms with Crippen LogP contribution in [0.1, 0.15) is 48.9 Å². The van der Waals surface area contributed by atoms with Crippen molar-refractivity contribution in [3.63, 3.8) is 0 Å². The van der Waals surface area contributed by atoms with E-state index in [2.05, 4.69) is 15.0 Å². The lowest BCUT2D eigenvalue weighted by atomic mass is 10.2. The fourth-order valence-corrected chi connectivity index (χ4v) is 3.22. The van der Waals surface area contributed by atoms with Crippen molar-refractivity contribution in [3.8, 4) is 5.75 Å². The summed E-state index contributed by atoms with van der Waals surface area (Å²) in [5, 5.41) is 4.32. The van der Waals surface area contributed by atoms with Crippen molar-refractivity contribution < 1.29 is 13.7 Å². The Morgan fingerprint density at radius 2 is 2.08 bits per heavy atom. The molecule has 1 aromatic carbocycles. The number of likely N-dealkylation sites (tertiary alicyclic amines) is 1. The van der Waals surface area contributed by atoms with E-state index in [-0.39, 0.29) is 12.4 Å². The fourth-order valence-electron chi connectivity index (χ4n) is 2.96. The van der Waals surface area contributed by atoms with Gasteiger partial charge in [-0.3, -0.25) is 4.90 Å². The number of nitrogens with zero attached hydrogens (tertiary/aromatic N) is 3.